The number of benzene rings is 1. The molecule has 5 nitrogen and oxygen atoms in total. The fourth-order valence-corrected chi connectivity index (χ4v) is 4.38. The van der Waals surface area contributed by atoms with Gasteiger partial charge in [0.05, 0.1) is 17.2 Å². The molecule has 2 aromatic heterocycles. The summed E-state index contributed by atoms with van der Waals surface area (Å²) in [4.78, 5) is 19.9. The van der Waals surface area contributed by atoms with Crippen LogP contribution in [0, 0.1) is 0 Å². The number of halogens is 1. The Labute approximate surface area is 183 Å². The molecule has 0 saturated carbocycles. The quantitative estimate of drug-likeness (QED) is 0.476. The molecule has 0 saturated heterocycles. The van der Waals surface area contributed by atoms with Crippen molar-refractivity contribution < 1.29 is 14.6 Å². The van der Waals surface area contributed by atoms with Gasteiger partial charge in [-0.2, -0.15) is 0 Å². The molecule has 3 aromatic rings. The van der Waals surface area contributed by atoms with Gasteiger partial charge in [-0.05, 0) is 43.0 Å². The van der Waals surface area contributed by atoms with Gasteiger partial charge in [-0.1, -0.05) is 24.6 Å². The first-order valence-electron chi connectivity index (χ1n) is 9.31. The molecule has 0 fully saturated rings. The van der Waals surface area contributed by atoms with E-state index in [1.54, 1.807) is 6.07 Å². The number of hydrogen-bond donors (Lipinski definition) is 1. The number of ether oxygens (including phenoxy) is 1. The van der Waals surface area contributed by atoms with Crippen LogP contribution in [-0.2, 0) is 19.8 Å². The first kappa shape index (κ1) is 21.8. The Morgan fingerprint density at radius 1 is 1.34 bits per heavy atom. The minimum Gasteiger partial charge on any atom is -0.486 e. The maximum absolute atomic E-state index is 13.1. The van der Waals surface area contributed by atoms with Gasteiger partial charge in [0.1, 0.15) is 17.4 Å². The van der Waals surface area contributed by atoms with Crippen molar-refractivity contribution in [1.29, 1.82) is 0 Å². The first-order chi connectivity index (χ1) is 14.0. The van der Waals surface area contributed by atoms with Gasteiger partial charge in [0.2, 0.25) is 0 Å². The molecular formula is C21H23ClN2O3S2. The van der Waals surface area contributed by atoms with Gasteiger partial charge in [-0.15, -0.1) is 22.7 Å². The van der Waals surface area contributed by atoms with Gasteiger partial charge < -0.3 is 14.7 Å². The van der Waals surface area contributed by atoms with E-state index in [1.165, 1.54) is 22.7 Å². The van der Waals surface area contributed by atoms with Crippen LogP contribution < -0.4 is 4.74 Å². The summed E-state index contributed by atoms with van der Waals surface area (Å²) in [6, 6.07) is 9.24. The summed E-state index contributed by atoms with van der Waals surface area (Å²) in [5.41, 5.74) is 1.48. The van der Waals surface area contributed by atoms with Crippen molar-refractivity contribution in [2.45, 2.75) is 46.1 Å². The van der Waals surface area contributed by atoms with Gasteiger partial charge in [-0.25, -0.2) is 4.98 Å². The fourth-order valence-electron chi connectivity index (χ4n) is 2.81. The molecule has 29 heavy (non-hydrogen) atoms. The Morgan fingerprint density at radius 3 is 2.83 bits per heavy atom. The number of carbonyl (C=O) groups excluding carboxylic acids is 1. The molecule has 1 N–H and O–H groups in total. The molecule has 1 unspecified atom stereocenters. The summed E-state index contributed by atoms with van der Waals surface area (Å²) >= 11 is 9.12. The number of amides is 1. The van der Waals surface area contributed by atoms with Crippen LogP contribution in [0.15, 0.2) is 41.1 Å². The third-order valence-electron chi connectivity index (χ3n) is 4.59. The molecule has 0 aliphatic rings. The topological polar surface area (TPSA) is 62.7 Å². The molecule has 0 aliphatic heterocycles. The highest BCUT2D eigenvalue weighted by Crippen LogP contribution is 2.28. The van der Waals surface area contributed by atoms with E-state index in [4.69, 9.17) is 21.4 Å². The molecule has 1 atom stereocenters. The summed E-state index contributed by atoms with van der Waals surface area (Å²) < 4.78 is 5.99. The van der Waals surface area contributed by atoms with Crippen molar-refractivity contribution in [2.75, 3.05) is 0 Å². The Hall–Kier alpha value is -1.93. The average Bonchev–Trinajstić information content (AvgIpc) is 3.42. The van der Waals surface area contributed by atoms with E-state index in [0.717, 1.165) is 17.0 Å². The fraction of sp³-hybridized carbons (Fsp3) is 0.333. The normalized spacial score (nSPS) is 12.0. The van der Waals surface area contributed by atoms with Crippen LogP contribution in [0.4, 0.5) is 0 Å². The summed E-state index contributed by atoms with van der Waals surface area (Å²) in [5, 5.41) is 14.3. The second-order valence-corrected chi connectivity index (χ2v) is 8.93. The van der Waals surface area contributed by atoms with Crippen LogP contribution in [-0.4, -0.2) is 26.9 Å². The molecule has 0 aliphatic carbocycles. The van der Waals surface area contributed by atoms with Gasteiger partial charge in [0.15, 0.2) is 0 Å². The minimum absolute atomic E-state index is 0.00721. The number of aliphatic hydroxyl groups excluding tert-OH is 1. The Bertz CT molecular complexity index is 943. The highest BCUT2D eigenvalue weighted by atomic mass is 35.5. The molecule has 0 bridgehead atoms. The number of carbonyl (C=O) groups is 1. The largest absolute Gasteiger partial charge is 0.486 e. The molecule has 2 heterocycles. The third kappa shape index (κ3) is 5.57. The Balaban J connectivity index is 1.81. The molecule has 0 spiro atoms. The van der Waals surface area contributed by atoms with Crippen molar-refractivity contribution in [3.8, 4) is 5.75 Å². The highest BCUT2D eigenvalue weighted by Gasteiger charge is 2.23. The monoisotopic (exact) mass is 450 g/mol. The molecule has 3 rings (SSSR count). The summed E-state index contributed by atoms with van der Waals surface area (Å²) in [6.07, 6.45) is 0.844. The predicted octanol–water partition coefficient (Wildman–Crippen LogP) is 5.37. The summed E-state index contributed by atoms with van der Waals surface area (Å²) in [5.74, 6) is 0.676. The SMILES string of the molecule is CCC(C)N(Cc1cc(Cl)ccc1OCc1nc(CO)cs1)C(=O)c1cccs1. The second kappa shape index (κ2) is 10.2. The van der Waals surface area contributed by atoms with Gasteiger partial charge >= 0.3 is 0 Å². The number of rotatable bonds is 9. The van der Waals surface area contributed by atoms with E-state index in [9.17, 15) is 4.79 Å². The zero-order valence-corrected chi connectivity index (χ0v) is 18.7. The second-order valence-electron chi connectivity index (χ2n) is 6.60. The van der Waals surface area contributed by atoms with Crippen LogP contribution in [0.25, 0.3) is 0 Å². The lowest BCUT2D eigenvalue weighted by Crippen LogP contribution is -2.37. The van der Waals surface area contributed by atoms with Gasteiger partial charge in [-0.3, -0.25) is 4.79 Å². The number of thiophene rings is 1. The predicted molar refractivity (Wildman–Crippen MR) is 118 cm³/mol. The number of nitrogens with zero attached hydrogens (tertiary/aromatic N) is 2. The maximum Gasteiger partial charge on any atom is 0.264 e. The van der Waals surface area contributed by atoms with E-state index in [-0.39, 0.29) is 18.6 Å². The van der Waals surface area contributed by atoms with Crippen molar-refractivity contribution in [3.63, 3.8) is 0 Å². The van der Waals surface area contributed by atoms with E-state index in [0.29, 0.717) is 34.5 Å². The average molecular weight is 451 g/mol. The lowest BCUT2D eigenvalue weighted by molar-refractivity contribution is 0.0674. The zero-order chi connectivity index (χ0) is 20.8. The van der Waals surface area contributed by atoms with Crippen molar-refractivity contribution in [1.82, 2.24) is 9.88 Å². The minimum atomic E-state index is -0.0859. The lowest BCUT2D eigenvalue weighted by Gasteiger charge is -2.29. The summed E-state index contributed by atoms with van der Waals surface area (Å²) in [6.45, 7) is 4.72. The summed E-state index contributed by atoms with van der Waals surface area (Å²) in [7, 11) is 0. The van der Waals surface area contributed by atoms with Crippen LogP contribution in [0.5, 0.6) is 5.75 Å². The van der Waals surface area contributed by atoms with E-state index in [1.807, 2.05) is 46.8 Å². The number of aromatic nitrogens is 1. The Morgan fingerprint density at radius 2 is 2.17 bits per heavy atom. The van der Waals surface area contributed by atoms with E-state index >= 15 is 0 Å². The van der Waals surface area contributed by atoms with Crippen molar-refractivity contribution in [3.05, 3.63) is 67.3 Å². The zero-order valence-electron chi connectivity index (χ0n) is 16.3. The molecular weight excluding hydrogens is 428 g/mol. The Kier molecular flexibility index (Phi) is 7.66. The van der Waals surface area contributed by atoms with Crippen LogP contribution in [0.3, 0.4) is 0 Å². The van der Waals surface area contributed by atoms with E-state index < -0.39 is 0 Å². The van der Waals surface area contributed by atoms with Gasteiger partial charge in [0, 0.05) is 28.6 Å². The van der Waals surface area contributed by atoms with Gasteiger partial charge in [0.25, 0.3) is 5.91 Å². The molecule has 1 aromatic carbocycles. The van der Waals surface area contributed by atoms with Crippen LogP contribution in [0.2, 0.25) is 5.02 Å². The molecule has 8 heteroatoms. The number of hydrogen-bond acceptors (Lipinski definition) is 6. The molecule has 0 radical (unpaired) electrons. The molecule has 154 valence electrons. The standard InChI is InChI=1S/C21H23ClN2O3S2/c1-3-14(2)24(21(26)19-5-4-8-28-19)10-15-9-16(22)6-7-18(15)27-12-20-23-17(11-25)13-29-20/h4-9,13-14,25H,3,10-12H2,1-2H3. The molecule has 1 amide bonds. The third-order valence-corrected chi connectivity index (χ3v) is 6.56. The number of aliphatic hydroxyl groups is 1. The number of thiazole rings is 1. The van der Waals surface area contributed by atoms with E-state index in [2.05, 4.69) is 11.9 Å². The van der Waals surface area contributed by atoms with Crippen LogP contribution >= 0.6 is 34.3 Å². The van der Waals surface area contributed by atoms with Crippen molar-refractivity contribution in [2.24, 2.45) is 0 Å². The highest BCUT2D eigenvalue weighted by molar-refractivity contribution is 7.12. The smallest absolute Gasteiger partial charge is 0.264 e. The first-order valence-corrected chi connectivity index (χ1v) is 11.4. The lowest BCUT2D eigenvalue weighted by atomic mass is 10.1. The maximum atomic E-state index is 13.1. The van der Waals surface area contributed by atoms with Crippen LogP contribution in [0.1, 0.15) is 46.2 Å². The van der Waals surface area contributed by atoms with Crippen molar-refractivity contribution >= 4 is 40.2 Å².